The molecule has 3 rings (SSSR count). The van der Waals surface area contributed by atoms with E-state index in [4.69, 9.17) is 4.52 Å². The second-order valence-corrected chi connectivity index (χ2v) is 5.78. The first-order chi connectivity index (χ1) is 9.28. The van der Waals surface area contributed by atoms with Crippen LogP contribution in [0.15, 0.2) is 4.52 Å². The molecule has 1 aromatic heterocycles. The van der Waals surface area contributed by atoms with E-state index in [0.717, 1.165) is 43.3 Å². The Morgan fingerprint density at radius 3 is 2.58 bits per heavy atom. The van der Waals surface area contributed by atoms with Crippen LogP contribution in [0.2, 0.25) is 0 Å². The zero-order valence-electron chi connectivity index (χ0n) is 11.9. The van der Waals surface area contributed by atoms with E-state index in [1.54, 1.807) is 0 Å². The van der Waals surface area contributed by atoms with Gasteiger partial charge in [-0.15, -0.1) is 0 Å². The predicted molar refractivity (Wildman–Crippen MR) is 72.7 cm³/mol. The first-order valence-corrected chi connectivity index (χ1v) is 7.60. The maximum absolute atomic E-state index is 5.33. The van der Waals surface area contributed by atoms with Crippen LogP contribution in [0.1, 0.15) is 51.2 Å². The lowest BCUT2D eigenvalue weighted by Crippen LogP contribution is -2.47. The second kappa shape index (κ2) is 5.59. The predicted octanol–water partition coefficient (Wildman–Crippen LogP) is 1.74. The third-order valence-electron chi connectivity index (χ3n) is 4.54. The molecule has 5 nitrogen and oxygen atoms in total. The number of piperidine rings is 1. The van der Waals surface area contributed by atoms with Crippen molar-refractivity contribution in [3.05, 3.63) is 11.7 Å². The molecule has 2 atom stereocenters. The number of aryl methyl sites for hydroxylation is 1. The van der Waals surface area contributed by atoms with Crippen LogP contribution in [-0.2, 0) is 13.0 Å². The van der Waals surface area contributed by atoms with Crippen LogP contribution >= 0.6 is 0 Å². The molecule has 2 fully saturated rings. The molecule has 2 aliphatic heterocycles. The fraction of sp³-hybridized carbons (Fsp3) is 0.857. The van der Waals surface area contributed by atoms with Crippen molar-refractivity contribution in [2.45, 2.75) is 70.6 Å². The van der Waals surface area contributed by atoms with Gasteiger partial charge in [-0.3, -0.25) is 4.90 Å². The first-order valence-electron chi connectivity index (χ1n) is 7.60. The maximum Gasteiger partial charge on any atom is 0.240 e. The number of nitrogens with one attached hydrogen (secondary N) is 1. The Kier molecular flexibility index (Phi) is 3.84. The summed E-state index contributed by atoms with van der Waals surface area (Å²) in [5.41, 5.74) is 0. The zero-order valence-corrected chi connectivity index (χ0v) is 11.9. The van der Waals surface area contributed by atoms with Crippen molar-refractivity contribution in [3.63, 3.8) is 0 Å². The molecular formula is C14H24N4O. The number of rotatable bonds is 5. The third kappa shape index (κ3) is 2.82. The van der Waals surface area contributed by atoms with Crippen LogP contribution in [0.5, 0.6) is 0 Å². The Labute approximate surface area is 114 Å². The summed E-state index contributed by atoms with van der Waals surface area (Å²) in [4.78, 5) is 6.93. The van der Waals surface area contributed by atoms with Gasteiger partial charge in [0.05, 0.1) is 6.54 Å². The van der Waals surface area contributed by atoms with Gasteiger partial charge in [-0.2, -0.15) is 4.98 Å². The summed E-state index contributed by atoms with van der Waals surface area (Å²) in [6.45, 7) is 6.12. The molecule has 2 unspecified atom stereocenters. The minimum Gasteiger partial charge on any atom is -0.338 e. The van der Waals surface area contributed by atoms with Crippen molar-refractivity contribution in [1.29, 1.82) is 0 Å². The van der Waals surface area contributed by atoms with Crippen molar-refractivity contribution in [1.82, 2.24) is 20.4 Å². The van der Waals surface area contributed by atoms with Gasteiger partial charge in [0.1, 0.15) is 0 Å². The van der Waals surface area contributed by atoms with Gasteiger partial charge in [0.15, 0.2) is 5.82 Å². The van der Waals surface area contributed by atoms with E-state index >= 15 is 0 Å². The lowest BCUT2D eigenvalue weighted by atomic mass is 9.98. The molecule has 2 aliphatic rings. The molecule has 106 valence electrons. The standard InChI is InChI=1S/C14H24N4O/c1-3-13-16-14(19-17-13)9-18(4-2)12-7-10-5-6-11(8-12)15-10/h10-12,15H,3-9H2,1-2H3. The summed E-state index contributed by atoms with van der Waals surface area (Å²) in [5.74, 6) is 1.58. The highest BCUT2D eigenvalue weighted by Crippen LogP contribution is 2.30. The Morgan fingerprint density at radius 2 is 2.00 bits per heavy atom. The average Bonchev–Trinajstić information content (AvgIpc) is 3.02. The van der Waals surface area contributed by atoms with Gasteiger partial charge in [0.25, 0.3) is 0 Å². The van der Waals surface area contributed by atoms with Gasteiger partial charge in [-0.05, 0) is 32.2 Å². The fourth-order valence-corrected chi connectivity index (χ4v) is 3.50. The summed E-state index contributed by atoms with van der Waals surface area (Å²) in [5, 5.41) is 7.68. The molecule has 3 heterocycles. The smallest absolute Gasteiger partial charge is 0.240 e. The Balaban J connectivity index is 1.63. The molecule has 0 amide bonds. The van der Waals surface area contributed by atoms with E-state index < -0.39 is 0 Å². The largest absolute Gasteiger partial charge is 0.338 e. The van der Waals surface area contributed by atoms with Crippen LogP contribution in [0, 0.1) is 0 Å². The summed E-state index contributed by atoms with van der Waals surface area (Å²) in [7, 11) is 0. The second-order valence-electron chi connectivity index (χ2n) is 5.78. The molecular weight excluding hydrogens is 240 g/mol. The van der Waals surface area contributed by atoms with Crippen LogP contribution in [0.3, 0.4) is 0 Å². The van der Waals surface area contributed by atoms with E-state index in [-0.39, 0.29) is 0 Å². The molecule has 5 heteroatoms. The summed E-state index contributed by atoms with van der Waals surface area (Å²) >= 11 is 0. The molecule has 19 heavy (non-hydrogen) atoms. The molecule has 2 bridgehead atoms. The Bertz CT molecular complexity index is 407. The Hall–Kier alpha value is -0.940. The topological polar surface area (TPSA) is 54.2 Å². The highest BCUT2D eigenvalue weighted by Gasteiger charge is 2.35. The van der Waals surface area contributed by atoms with Gasteiger partial charge < -0.3 is 9.84 Å². The van der Waals surface area contributed by atoms with E-state index in [2.05, 4.69) is 34.2 Å². The number of nitrogens with zero attached hydrogens (tertiary/aromatic N) is 3. The molecule has 1 aromatic rings. The number of hydrogen-bond acceptors (Lipinski definition) is 5. The lowest BCUT2D eigenvalue weighted by Gasteiger charge is -2.36. The highest BCUT2D eigenvalue weighted by atomic mass is 16.5. The van der Waals surface area contributed by atoms with E-state index in [9.17, 15) is 0 Å². The summed E-state index contributed by atoms with van der Waals surface area (Å²) in [6.07, 6.45) is 6.06. The van der Waals surface area contributed by atoms with Gasteiger partial charge in [0.2, 0.25) is 5.89 Å². The monoisotopic (exact) mass is 264 g/mol. The minimum absolute atomic E-state index is 0.667. The van der Waals surface area contributed by atoms with E-state index in [1.807, 2.05) is 0 Å². The zero-order chi connectivity index (χ0) is 13.2. The van der Waals surface area contributed by atoms with Crippen molar-refractivity contribution in [2.24, 2.45) is 0 Å². The number of hydrogen-bond donors (Lipinski definition) is 1. The molecule has 0 aliphatic carbocycles. The van der Waals surface area contributed by atoms with Crippen LogP contribution in [0.4, 0.5) is 0 Å². The summed E-state index contributed by atoms with van der Waals surface area (Å²) in [6, 6.07) is 2.12. The average molecular weight is 264 g/mol. The van der Waals surface area contributed by atoms with Crippen LogP contribution in [-0.4, -0.2) is 39.7 Å². The van der Waals surface area contributed by atoms with Gasteiger partial charge in [0, 0.05) is 24.5 Å². The number of fused-ring (bicyclic) bond motifs is 2. The Morgan fingerprint density at radius 1 is 1.26 bits per heavy atom. The van der Waals surface area contributed by atoms with E-state index in [0.29, 0.717) is 6.04 Å². The van der Waals surface area contributed by atoms with E-state index in [1.165, 1.54) is 25.7 Å². The maximum atomic E-state index is 5.33. The molecule has 0 radical (unpaired) electrons. The van der Waals surface area contributed by atoms with Gasteiger partial charge >= 0.3 is 0 Å². The third-order valence-corrected chi connectivity index (χ3v) is 4.54. The fourth-order valence-electron chi connectivity index (χ4n) is 3.50. The SMILES string of the molecule is CCc1noc(CN(CC)C2CC3CCC(C2)N3)n1. The number of aromatic nitrogens is 2. The quantitative estimate of drug-likeness (QED) is 0.878. The molecule has 0 spiro atoms. The highest BCUT2D eigenvalue weighted by molar-refractivity contribution is 4.96. The van der Waals surface area contributed by atoms with Crippen LogP contribution in [0.25, 0.3) is 0 Å². The molecule has 0 saturated carbocycles. The normalized spacial score (nSPS) is 30.2. The van der Waals surface area contributed by atoms with Crippen LogP contribution < -0.4 is 5.32 Å². The molecule has 2 saturated heterocycles. The first kappa shape index (κ1) is 13.1. The van der Waals surface area contributed by atoms with Crippen molar-refractivity contribution < 1.29 is 4.52 Å². The lowest BCUT2D eigenvalue weighted by molar-refractivity contribution is 0.126. The molecule has 0 aromatic carbocycles. The molecule has 1 N–H and O–H groups in total. The van der Waals surface area contributed by atoms with Crippen molar-refractivity contribution >= 4 is 0 Å². The van der Waals surface area contributed by atoms with Gasteiger partial charge in [-0.25, -0.2) is 0 Å². The summed E-state index contributed by atoms with van der Waals surface area (Å²) < 4.78 is 5.33. The van der Waals surface area contributed by atoms with Crippen molar-refractivity contribution in [2.75, 3.05) is 6.54 Å². The van der Waals surface area contributed by atoms with Gasteiger partial charge in [-0.1, -0.05) is 19.0 Å². The van der Waals surface area contributed by atoms with Crippen molar-refractivity contribution in [3.8, 4) is 0 Å². The minimum atomic E-state index is 0.667.